The zero-order valence-electron chi connectivity index (χ0n) is 9.55. The van der Waals surface area contributed by atoms with E-state index in [1.54, 1.807) is 23.8 Å². The van der Waals surface area contributed by atoms with E-state index in [0.717, 1.165) is 4.88 Å². The number of carbonyl (C=O) groups is 1. The molecule has 94 valence electrons. The van der Waals surface area contributed by atoms with Crippen molar-refractivity contribution in [1.29, 1.82) is 0 Å². The number of carbonyl (C=O) groups excluding carboxylic acids is 1. The number of benzene rings is 1. The average molecular weight is 284 g/mol. The lowest BCUT2D eigenvalue weighted by Crippen LogP contribution is -1.98. The van der Waals surface area contributed by atoms with Gasteiger partial charge in [0.25, 0.3) is 0 Å². The lowest BCUT2D eigenvalue weighted by molar-refractivity contribution is 0.112. The maximum absolute atomic E-state index is 10.7. The summed E-state index contributed by atoms with van der Waals surface area (Å²) < 4.78 is 10.8. The zero-order chi connectivity index (χ0) is 13.0. The van der Waals surface area contributed by atoms with E-state index in [0.29, 0.717) is 35.0 Å². The van der Waals surface area contributed by atoms with Gasteiger partial charge in [-0.05, 0) is 12.1 Å². The Bertz CT molecular complexity index is 543. The molecule has 0 atom stereocenters. The molecule has 0 aliphatic carbocycles. The second-order valence-corrected chi connectivity index (χ2v) is 4.79. The van der Waals surface area contributed by atoms with Crippen molar-refractivity contribution >= 4 is 29.2 Å². The highest BCUT2D eigenvalue weighted by Gasteiger charge is 2.12. The average Bonchev–Trinajstić information content (AvgIpc) is 2.89. The minimum atomic E-state index is 0.348. The number of thiazole rings is 1. The van der Waals surface area contributed by atoms with Gasteiger partial charge in [0.2, 0.25) is 0 Å². The molecule has 1 aromatic carbocycles. The van der Waals surface area contributed by atoms with Crippen molar-refractivity contribution in [3.05, 3.63) is 39.3 Å². The molecule has 1 heterocycles. The van der Waals surface area contributed by atoms with Gasteiger partial charge in [-0.3, -0.25) is 9.78 Å². The molecule has 0 radical (unpaired) electrons. The summed E-state index contributed by atoms with van der Waals surface area (Å²) in [6, 6.07) is 3.12. The molecule has 2 rings (SSSR count). The Balaban J connectivity index is 2.23. The normalized spacial score (nSPS) is 10.1. The predicted molar refractivity (Wildman–Crippen MR) is 69.8 cm³/mol. The van der Waals surface area contributed by atoms with Crippen LogP contribution in [0.25, 0.3) is 0 Å². The summed E-state index contributed by atoms with van der Waals surface area (Å²) in [6.45, 7) is 0.362. The molecule has 0 fully saturated rings. The third kappa shape index (κ3) is 2.80. The molecule has 0 aliphatic rings. The topological polar surface area (TPSA) is 48.4 Å². The minimum absolute atomic E-state index is 0.348. The molecule has 0 unspecified atom stereocenters. The van der Waals surface area contributed by atoms with Crippen LogP contribution in [0.3, 0.4) is 0 Å². The monoisotopic (exact) mass is 283 g/mol. The minimum Gasteiger partial charge on any atom is -0.493 e. The molecule has 0 aliphatic heterocycles. The second-order valence-electron chi connectivity index (χ2n) is 3.41. The Hall–Kier alpha value is -1.59. The summed E-state index contributed by atoms with van der Waals surface area (Å²) in [5.74, 6) is 0.868. The molecular formula is C12H10ClNO3S. The Labute approximate surface area is 113 Å². The van der Waals surface area contributed by atoms with Gasteiger partial charge in [-0.2, -0.15) is 0 Å². The number of halogens is 1. The van der Waals surface area contributed by atoms with E-state index in [1.807, 2.05) is 0 Å². The van der Waals surface area contributed by atoms with Crippen LogP contribution in [0.2, 0.25) is 5.02 Å². The van der Waals surface area contributed by atoms with Crippen LogP contribution >= 0.6 is 22.9 Å². The van der Waals surface area contributed by atoms with E-state index in [1.165, 1.54) is 18.4 Å². The van der Waals surface area contributed by atoms with E-state index in [4.69, 9.17) is 21.1 Å². The van der Waals surface area contributed by atoms with Crippen molar-refractivity contribution in [3.63, 3.8) is 0 Å². The van der Waals surface area contributed by atoms with Crippen molar-refractivity contribution in [1.82, 2.24) is 4.98 Å². The van der Waals surface area contributed by atoms with Crippen molar-refractivity contribution in [3.8, 4) is 11.5 Å². The molecule has 0 N–H and O–H groups in total. The van der Waals surface area contributed by atoms with E-state index in [9.17, 15) is 4.79 Å². The highest BCUT2D eigenvalue weighted by atomic mass is 35.5. The van der Waals surface area contributed by atoms with Crippen molar-refractivity contribution in [2.24, 2.45) is 0 Å². The summed E-state index contributed by atoms with van der Waals surface area (Å²) in [5, 5.41) is 0.348. The lowest BCUT2D eigenvalue weighted by Gasteiger charge is -2.12. The zero-order valence-corrected chi connectivity index (χ0v) is 11.1. The Kier molecular flexibility index (Phi) is 4.17. The number of aromatic nitrogens is 1. The van der Waals surface area contributed by atoms with Gasteiger partial charge in [0.1, 0.15) is 12.9 Å². The van der Waals surface area contributed by atoms with Gasteiger partial charge in [0.15, 0.2) is 11.5 Å². The molecule has 0 spiro atoms. The van der Waals surface area contributed by atoms with Crippen LogP contribution in [-0.4, -0.2) is 18.4 Å². The third-order valence-electron chi connectivity index (χ3n) is 2.23. The first-order valence-electron chi connectivity index (χ1n) is 5.07. The second kappa shape index (κ2) is 5.84. The number of nitrogens with zero attached hydrogens (tertiary/aromatic N) is 1. The molecule has 0 saturated heterocycles. The molecule has 0 saturated carbocycles. The van der Waals surface area contributed by atoms with Gasteiger partial charge < -0.3 is 9.47 Å². The number of aldehydes is 1. The number of methoxy groups -OCH3 is 1. The quantitative estimate of drug-likeness (QED) is 0.791. The fourth-order valence-electron chi connectivity index (χ4n) is 1.40. The van der Waals surface area contributed by atoms with Gasteiger partial charge in [-0.1, -0.05) is 11.6 Å². The third-order valence-corrected chi connectivity index (χ3v) is 3.26. The van der Waals surface area contributed by atoms with Crippen molar-refractivity contribution in [2.45, 2.75) is 6.61 Å². The molecule has 6 heteroatoms. The first-order valence-corrected chi connectivity index (χ1v) is 6.33. The summed E-state index contributed by atoms with van der Waals surface area (Å²) in [5.41, 5.74) is 2.18. The number of hydrogen-bond donors (Lipinski definition) is 0. The molecule has 1 aromatic heterocycles. The van der Waals surface area contributed by atoms with Crippen LogP contribution in [0.15, 0.2) is 23.8 Å². The predicted octanol–water partition coefficient (Wildman–Crippen LogP) is 3.20. The fraction of sp³-hybridized carbons (Fsp3) is 0.167. The van der Waals surface area contributed by atoms with Gasteiger partial charge >= 0.3 is 0 Å². The van der Waals surface area contributed by atoms with Gasteiger partial charge in [0, 0.05) is 11.8 Å². The van der Waals surface area contributed by atoms with Crippen LogP contribution in [-0.2, 0) is 6.61 Å². The smallest absolute Gasteiger partial charge is 0.180 e. The molecule has 2 aromatic rings. The van der Waals surface area contributed by atoms with Crippen molar-refractivity contribution in [2.75, 3.05) is 7.11 Å². The largest absolute Gasteiger partial charge is 0.493 e. The van der Waals surface area contributed by atoms with Crippen LogP contribution in [0.4, 0.5) is 0 Å². The lowest BCUT2D eigenvalue weighted by atomic mass is 10.2. The summed E-state index contributed by atoms with van der Waals surface area (Å²) in [4.78, 5) is 15.7. The van der Waals surface area contributed by atoms with Gasteiger partial charge in [-0.15, -0.1) is 11.3 Å². The number of ether oxygens (including phenoxy) is 2. The Morgan fingerprint density at radius 2 is 2.33 bits per heavy atom. The van der Waals surface area contributed by atoms with E-state index in [-0.39, 0.29) is 0 Å². The van der Waals surface area contributed by atoms with Crippen LogP contribution in [0.5, 0.6) is 11.5 Å². The van der Waals surface area contributed by atoms with Crippen LogP contribution in [0, 0.1) is 0 Å². The molecule has 0 bridgehead atoms. The van der Waals surface area contributed by atoms with E-state index in [2.05, 4.69) is 4.98 Å². The number of hydrogen-bond acceptors (Lipinski definition) is 5. The van der Waals surface area contributed by atoms with Crippen LogP contribution in [0.1, 0.15) is 15.2 Å². The van der Waals surface area contributed by atoms with E-state index < -0.39 is 0 Å². The summed E-state index contributed by atoms with van der Waals surface area (Å²) >= 11 is 7.55. The fourth-order valence-corrected chi connectivity index (χ4v) is 2.18. The van der Waals surface area contributed by atoms with Gasteiger partial charge in [0.05, 0.1) is 22.5 Å². The first-order chi connectivity index (χ1) is 8.74. The maximum atomic E-state index is 10.7. The van der Waals surface area contributed by atoms with E-state index >= 15 is 0 Å². The molecule has 0 amide bonds. The summed E-state index contributed by atoms with van der Waals surface area (Å²) in [6.07, 6.45) is 2.44. The Morgan fingerprint density at radius 1 is 1.50 bits per heavy atom. The maximum Gasteiger partial charge on any atom is 0.180 e. The highest BCUT2D eigenvalue weighted by Crippen LogP contribution is 2.36. The van der Waals surface area contributed by atoms with Gasteiger partial charge in [-0.25, -0.2) is 0 Å². The standard InChI is InChI=1S/C12H10ClNO3S/c1-16-11-3-8(5-15)2-10(13)12(11)17-6-9-4-14-7-18-9/h2-5,7H,6H2,1H3. The van der Waals surface area contributed by atoms with Crippen molar-refractivity contribution < 1.29 is 14.3 Å². The first kappa shape index (κ1) is 12.9. The molecule has 4 nitrogen and oxygen atoms in total. The molecule has 18 heavy (non-hydrogen) atoms. The van der Waals surface area contributed by atoms with Crippen LogP contribution < -0.4 is 9.47 Å². The number of rotatable bonds is 5. The molecular weight excluding hydrogens is 274 g/mol. The highest BCUT2D eigenvalue weighted by molar-refractivity contribution is 7.09. The SMILES string of the molecule is COc1cc(C=O)cc(Cl)c1OCc1cncs1. The Morgan fingerprint density at radius 3 is 2.94 bits per heavy atom. The summed E-state index contributed by atoms with van der Waals surface area (Å²) in [7, 11) is 1.50.